The molecule has 2 aromatic heterocycles. The number of anilines is 1. The average molecular weight is 803 g/mol. The van der Waals surface area contributed by atoms with E-state index >= 15 is 0 Å². The molecular weight excluding hydrogens is 779 g/mol. The number of carbonyl (C=O) groups excluding carboxylic acids is 1. The van der Waals surface area contributed by atoms with Crippen molar-refractivity contribution in [3.63, 3.8) is 0 Å². The van der Waals surface area contributed by atoms with Crippen LogP contribution in [0.3, 0.4) is 0 Å². The lowest BCUT2D eigenvalue weighted by molar-refractivity contribution is -0.193. The van der Waals surface area contributed by atoms with Crippen molar-refractivity contribution < 1.29 is 82.4 Å². The molecule has 0 unspecified atom stereocenters. The van der Waals surface area contributed by atoms with Crippen molar-refractivity contribution in [2.24, 2.45) is 10.9 Å². The second-order valence-electron chi connectivity index (χ2n) is 9.56. The van der Waals surface area contributed by atoms with E-state index in [0.717, 1.165) is 17.4 Å². The van der Waals surface area contributed by atoms with Crippen molar-refractivity contribution in [2.75, 3.05) is 11.6 Å². The molecule has 54 heavy (non-hydrogen) atoms. The molecule has 4 rings (SSSR count). The zero-order valence-corrected chi connectivity index (χ0v) is 27.4. The van der Waals surface area contributed by atoms with Crippen LogP contribution in [0.15, 0.2) is 89.5 Å². The number of amides is 1. The highest BCUT2D eigenvalue weighted by Crippen LogP contribution is 2.24. The molecule has 0 aliphatic rings. The fourth-order valence-corrected chi connectivity index (χ4v) is 4.11. The first-order chi connectivity index (χ1) is 24.7. The quantitative estimate of drug-likeness (QED) is 0.0766. The summed E-state index contributed by atoms with van der Waals surface area (Å²) in [6.45, 7) is 0. The molecule has 15 nitrogen and oxygen atoms in total. The summed E-state index contributed by atoms with van der Waals surface area (Å²) < 4.78 is 120. The molecule has 0 saturated heterocycles. The van der Waals surface area contributed by atoms with Gasteiger partial charge >= 0.3 is 36.4 Å². The Morgan fingerprint density at radius 3 is 1.72 bits per heavy atom. The van der Waals surface area contributed by atoms with Crippen molar-refractivity contribution in [3.05, 3.63) is 90.4 Å². The van der Waals surface area contributed by atoms with Crippen LogP contribution in [0.5, 0.6) is 0 Å². The first-order valence-electron chi connectivity index (χ1n) is 13.5. The minimum atomic E-state index is -5.08. The van der Waals surface area contributed by atoms with Gasteiger partial charge in [0.1, 0.15) is 0 Å². The van der Waals surface area contributed by atoms with Gasteiger partial charge in [0.2, 0.25) is 15.0 Å². The van der Waals surface area contributed by atoms with Crippen LogP contribution < -0.4 is 11.2 Å². The lowest BCUT2D eigenvalue weighted by Gasteiger charge is -2.11. The average Bonchev–Trinajstić information content (AvgIpc) is 3.56. The van der Waals surface area contributed by atoms with E-state index in [9.17, 15) is 52.7 Å². The molecule has 0 aliphatic carbocycles. The number of carbonyl (C=O) groups is 4. The van der Waals surface area contributed by atoms with E-state index in [1.54, 1.807) is 48.8 Å². The van der Waals surface area contributed by atoms with Gasteiger partial charge in [-0.1, -0.05) is 18.2 Å². The fourth-order valence-electron chi connectivity index (χ4n) is 3.34. The number of pyridine rings is 1. The number of carboxylic acid groups (broad SMARTS) is 3. The summed E-state index contributed by atoms with van der Waals surface area (Å²) in [7, 11) is -3.48. The number of nitrogens with zero attached hydrogens (tertiary/aromatic N) is 4. The number of carboxylic acids is 3. The molecule has 292 valence electrons. The predicted molar refractivity (Wildman–Crippen MR) is 167 cm³/mol. The number of aromatic nitrogens is 3. The Morgan fingerprint density at radius 2 is 1.28 bits per heavy atom. The Bertz CT molecular complexity index is 2010. The zero-order chi connectivity index (χ0) is 41.7. The van der Waals surface area contributed by atoms with Crippen LogP contribution in [-0.2, 0) is 24.2 Å². The Balaban J connectivity index is 0.000000566. The standard InChI is InChI=1S/C23H20N6O3S.3C2HF3O2/c1-33(31,32)23-26-12-13-29(23)19-9-7-18(8-10-19)28-22(30)20-6-3-11-25-21(20)17-5-2-4-16(14-17)15-27-24;3*3-2(4,5)1(6)7/h2-15H,24H2,1H3,(H,28,30);3*(H,6,7). The zero-order valence-electron chi connectivity index (χ0n) is 26.6. The van der Waals surface area contributed by atoms with Crippen molar-refractivity contribution in [1.82, 2.24) is 14.5 Å². The van der Waals surface area contributed by atoms with Crippen molar-refractivity contribution in [3.8, 4) is 16.9 Å². The molecule has 1 amide bonds. The number of rotatable bonds is 6. The van der Waals surface area contributed by atoms with E-state index in [0.29, 0.717) is 22.6 Å². The molecule has 25 heteroatoms. The summed E-state index contributed by atoms with van der Waals surface area (Å²) >= 11 is 0. The minimum absolute atomic E-state index is 0.0544. The molecule has 2 heterocycles. The van der Waals surface area contributed by atoms with Gasteiger partial charge in [0.05, 0.1) is 17.5 Å². The smallest absolute Gasteiger partial charge is 0.475 e. The van der Waals surface area contributed by atoms with Gasteiger partial charge in [-0.3, -0.25) is 14.3 Å². The maximum Gasteiger partial charge on any atom is 0.490 e. The third-order valence-electron chi connectivity index (χ3n) is 5.51. The number of hydrazone groups is 1. The molecule has 0 atom stereocenters. The number of benzene rings is 2. The Kier molecular flexibility index (Phi) is 15.8. The first kappa shape index (κ1) is 45.5. The van der Waals surface area contributed by atoms with Gasteiger partial charge in [0.25, 0.3) is 5.91 Å². The number of imidazole rings is 1. The van der Waals surface area contributed by atoms with Crippen LogP contribution >= 0.6 is 0 Å². The second kappa shape index (κ2) is 18.8. The van der Waals surface area contributed by atoms with Crippen LogP contribution in [0.2, 0.25) is 0 Å². The number of nitrogens with one attached hydrogen (secondary N) is 1. The fraction of sp³-hybridized carbons (Fsp3) is 0.138. The largest absolute Gasteiger partial charge is 0.490 e. The summed E-state index contributed by atoms with van der Waals surface area (Å²) in [5.41, 5.74) is 3.61. The highest BCUT2D eigenvalue weighted by Gasteiger charge is 2.39. The maximum absolute atomic E-state index is 13.0. The van der Waals surface area contributed by atoms with Gasteiger partial charge < -0.3 is 26.5 Å². The highest BCUT2D eigenvalue weighted by molar-refractivity contribution is 7.90. The van der Waals surface area contributed by atoms with Crippen molar-refractivity contribution in [1.29, 1.82) is 0 Å². The Labute approximate surface area is 296 Å². The lowest BCUT2D eigenvalue weighted by Crippen LogP contribution is -2.21. The van der Waals surface area contributed by atoms with Crippen LogP contribution in [0.1, 0.15) is 15.9 Å². The SMILES string of the molecule is CS(=O)(=O)c1nccn1-c1ccc(NC(=O)c2cccnc2-c2cccc(C=NN)c2)cc1.O=C(O)C(F)(F)F.O=C(O)C(F)(F)F.O=C(O)C(F)(F)F. The Hall–Kier alpha value is -6.53. The minimum Gasteiger partial charge on any atom is -0.475 e. The Morgan fingerprint density at radius 1 is 0.778 bits per heavy atom. The molecule has 0 spiro atoms. The molecule has 0 aliphatic heterocycles. The molecule has 0 radical (unpaired) electrons. The number of hydrogen-bond donors (Lipinski definition) is 5. The van der Waals surface area contributed by atoms with E-state index in [1.165, 1.54) is 17.0 Å². The molecule has 2 aromatic carbocycles. The number of hydrogen-bond acceptors (Lipinski definition) is 10. The number of nitrogens with two attached hydrogens (primary N) is 1. The maximum atomic E-state index is 13.0. The summed E-state index contributed by atoms with van der Waals surface area (Å²) in [6.07, 6.45) is -8.03. The second-order valence-corrected chi connectivity index (χ2v) is 11.5. The molecule has 6 N–H and O–H groups in total. The van der Waals surface area contributed by atoms with Crippen LogP contribution in [0, 0.1) is 0 Å². The van der Waals surface area contributed by atoms with Gasteiger partial charge in [-0.25, -0.2) is 27.8 Å². The van der Waals surface area contributed by atoms with Gasteiger partial charge in [-0.05, 0) is 48.0 Å². The van der Waals surface area contributed by atoms with Crippen molar-refractivity contribution in [2.45, 2.75) is 23.7 Å². The first-order valence-corrected chi connectivity index (χ1v) is 15.4. The van der Waals surface area contributed by atoms with Gasteiger partial charge in [0, 0.05) is 41.8 Å². The molecule has 4 aromatic rings. The van der Waals surface area contributed by atoms with E-state index < -0.39 is 46.3 Å². The summed E-state index contributed by atoms with van der Waals surface area (Å²) in [5.74, 6) is -3.36. The molecule has 0 bridgehead atoms. The van der Waals surface area contributed by atoms with E-state index in [4.69, 9.17) is 35.5 Å². The highest BCUT2D eigenvalue weighted by atomic mass is 32.2. The third-order valence-corrected chi connectivity index (χ3v) is 6.47. The number of alkyl halides is 9. The topological polar surface area (TPSA) is 244 Å². The van der Waals surface area contributed by atoms with Crippen LogP contribution in [0.25, 0.3) is 16.9 Å². The molecular formula is C29H23F9N6O9S. The predicted octanol–water partition coefficient (Wildman–Crippen LogP) is 4.78. The van der Waals surface area contributed by atoms with Crippen LogP contribution in [0.4, 0.5) is 45.2 Å². The third kappa shape index (κ3) is 15.0. The van der Waals surface area contributed by atoms with Gasteiger partial charge in [0.15, 0.2) is 0 Å². The van der Waals surface area contributed by atoms with Gasteiger partial charge in [-0.2, -0.15) is 44.6 Å². The summed E-state index contributed by atoms with van der Waals surface area (Å²) in [6, 6.07) is 17.5. The van der Waals surface area contributed by atoms with Crippen LogP contribution in [-0.4, -0.2) is 93.1 Å². The molecule has 0 fully saturated rings. The number of halogens is 9. The summed E-state index contributed by atoms with van der Waals surface area (Å²) in [5, 5.41) is 27.7. The molecule has 0 saturated carbocycles. The van der Waals surface area contributed by atoms with Gasteiger partial charge in [-0.15, -0.1) is 0 Å². The van der Waals surface area contributed by atoms with E-state index in [2.05, 4.69) is 20.4 Å². The van der Waals surface area contributed by atoms with E-state index in [1.807, 2.05) is 24.3 Å². The summed E-state index contributed by atoms with van der Waals surface area (Å²) in [4.78, 5) is 48.0. The van der Waals surface area contributed by atoms with Crippen molar-refractivity contribution >= 4 is 45.6 Å². The van der Waals surface area contributed by atoms with E-state index in [-0.39, 0.29) is 11.1 Å². The monoisotopic (exact) mass is 802 g/mol. The number of aliphatic carboxylic acids is 3. The normalized spacial score (nSPS) is 11.4. The lowest BCUT2D eigenvalue weighted by atomic mass is 10.0. The number of sulfone groups is 1.